The number of nitrogens with one attached hydrogen (secondary N) is 2. The van der Waals surface area contributed by atoms with Crippen LogP contribution in [0, 0.1) is 10.1 Å². The third-order valence-corrected chi connectivity index (χ3v) is 4.27. The van der Waals surface area contributed by atoms with E-state index >= 15 is 0 Å². The molecule has 142 valence electrons. The Kier molecular flexibility index (Phi) is 5.76. The first-order valence-electron chi connectivity index (χ1n) is 8.23. The van der Waals surface area contributed by atoms with E-state index < -0.39 is 4.92 Å². The standard InChI is InChI=1S/C20H16ClN3O4/c1-28-15-9-6-13(7-10-15)22-20(25)16-4-2-3-5-18(16)23-19-11-8-14(24(26)27)12-17(19)21/h2-12,23H,1H3,(H,22,25). The fourth-order valence-electron chi connectivity index (χ4n) is 2.53. The SMILES string of the molecule is COc1ccc(NC(=O)c2ccccc2Nc2ccc([N+](=O)[O-])cc2Cl)cc1. The van der Waals surface area contributed by atoms with Gasteiger partial charge in [0.05, 0.1) is 34.0 Å². The van der Waals surface area contributed by atoms with Crippen LogP contribution in [-0.4, -0.2) is 17.9 Å². The van der Waals surface area contributed by atoms with Crippen molar-refractivity contribution < 1.29 is 14.5 Å². The second kappa shape index (κ2) is 8.41. The van der Waals surface area contributed by atoms with Crippen molar-refractivity contribution in [3.63, 3.8) is 0 Å². The quantitative estimate of drug-likeness (QED) is 0.437. The number of halogens is 1. The van der Waals surface area contributed by atoms with Crippen LogP contribution in [0.4, 0.5) is 22.7 Å². The van der Waals surface area contributed by atoms with E-state index in [1.807, 2.05) is 0 Å². The van der Waals surface area contributed by atoms with E-state index in [0.717, 1.165) is 0 Å². The van der Waals surface area contributed by atoms with Crippen LogP contribution in [0.15, 0.2) is 66.7 Å². The van der Waals surface area contributed by atoms with E-state index in [9.17, 15) is 14.9 Å². The molecular formula is C20H16ClN3O4. The Morgan fingerprint density at radius 2 is 1.75 bits per heavy atom. The van der Waals surface area contributed by atoms with Crippen molar-refractivity contribution in [1.82, 2.24) is 0 Å². The smallest absolute Gasteiger partial charge is 0.271 e. The summed E-state index contributed by atoms with van der Waals surface area (Å²) in [7, 11) is 1.57. The van der Waals surface area contributed by atoms with E-state index in [1.54, 1.807) is 55.6 Å². The Morgan fingerprint density at radius 1 is 1.04 bits per heavy atom. The molecule has 1 amide bonds. The molecule has 3 rings (SSSR count). The largest absolute Gasteiger partial charge is 0.497 e. The highest BCUT2D eigenvalue weighted by Crippen LogP contribution is 2.30. The van der Waals surface area contributed by atoms with E-state index in [2.05, 4.69) is 10.6 Å². The number of amides is 1. The van der Waals surface area contributed by atoms with Crippen LogP contribution in [0.2, 0.25) is 5.02 Å². The minimum Gasteiger partial charge on any atom is -0.497 e. The number of para-hydroxylation sites is 1. The number of methoxy groups -OCH3 is 1. The molecular weight excluding hydrogens is 382 g/mol. The number of non-ortho nitro benzene ring substituents is 1. The molecule has 0 heterocycles. The van der Waals surface area contributed by atoms with E-state index in [4.69, 9.17) is 16.3 Å². The van der Waals surface area contributed by atoms with Gasteiger partial charge in [-0.1, -0.05) is 23.7 Å². The van der Waals surface area contributed by atoms with Crippen molar-refractivity contribution in [1.29, 1.82) is 0 Å². The van der Waals surface area contributed by atoms with Crippen molar-refractivity contribution in [3.8, 4) is 5.75 Å². The number of ether oxygens (including phenoxy) is 1. The van der Waals surface area contributed by atoms with Gasteiger partial charge < -0.3 is 15.4 Å². The van der Waals surface area contributed by atoms with Crippen molar-refractivity contribution in [2.75, 3.05) is 17.7 Å². The average molecular weight is 398 g/mol. The lowest BCUT2D eigenvalue weighted by atomic mass is 10.1. The molecule has 28 heavy (non-hydrogen) atoms. The highest BCUT2D eigenvalue weighted by molar-refractivity contribution is 6.33. The highest BCUT2D eigenvalue weighted by atomic mass is 35.5. The number of nitro groups is 1. The minimum atomic E-state index is -0.522. The Bertz CT molecular complexity index is 1020. The first-order valence-corrected chi connectivity index (χ1v) is 8.61. The zero-order valence-electron chi connectivity index (χ0n) is 14.8. The maximum absolute atomic E-state index is 12.7. The van der Waals surface area contributed by atoms with E-state index in [1.165, 1.54) is 18.2 Å². The van der Waals surface area contributed by atoms with Gasteiger partial charge in [-0.25, -0.2) is 0 Å². The number of anilines is 3. The molecule has 3 aromatic rings. The summed E-state index contributed by atoms with van der Waals surface area (Å²) in [6, 6.07) is 18.0. The molecule has 2 N–H and O–H groups in total. The predicted octanol–water partition coefficient (Wildman–Crippen LogP) is 5.25. The van der Waals surface area contributed by atoms with Crippen LogP contribution in [0.3, 0.4) is 0 Å². The van der Waals surface area contributed by atoms with Gasteiger partial charge in [0, 0.05) is 17.8 Å². The molecule has 7 nitrogen and oxygen atoms in total. The molecule has 0 spiro atoms. The summed E-state index contributed by atoms with van der Waals surface area (Å²) >= 11 is 6.13. The lowest BCUT2D eigenvalue weighted by Crippen LogP contribution is -2.13. The molecule has 8 heteroatoms. The first kappa shape index (κ1) is 19.2. The van der Waals surface area contributed by atoms with Gasteiger partial charge in [-0.3, -0.25) is 14.9 Å². The molecule has 3 aromatic carbocycles. The molecule has 0 aliphatic carbocycles. The maximum atomic E-state index is 12.7. The third kappa shape index (κ3) is 4.39. The maximum Gasteiger partial charge on any atom is 0.271 e. The predicted molar refractivity (Wildman–Crippen MR) is 109 cm³/mol. The molecule has 0 aromatic heterocycles. The summed E-state index contributed by atoms with van der Waals surface area (Å²) < 4.78 is 5.10. The number of nitrogens with zero attached hydrogens (tertiary/aromatic N) is 1. The molecule has 0 unspecified atom stereocenters. The summed E-state index contributed by atoms with van der Waals surface area (Å²) in [6.45, 7) is 0. The third-order valence-electron chi connectivity index (χ3n) is 3.95. The summed E-state index contributed by atoms with van der Waals surface area (Å²) in [6.07, 6.45) is 0. The van der Waals surface area contributed by atoms with Crippen molar-refractivity contribution in [2.24, 2.45) is 0 Å². The molecule has 0 saturated heterocycles. The van der Waals surface area contributed by atoms with Crippen LogP contribution in [-0.2, 0) is 0 Å². The van der Waals surface area contributed by atoms with Gasteiger partial charge in [-0.2, -0.15) is 0 Å². The molecule has 0 radical (unpaired) electrons. The Balaban J connectivity index is 1.82. The van der Waals surface area contributed by atoms with Gasteiger partial charge in [0.25, 0.3) is 11.6 Å². The number of hydrogen-bond donors (Lipinski definition) is 2. The van der Waals surface area contributed by atoms with Crippen LogP contribution in [0.25, 0.3) is 0 Å². The Hall–Kier alpha value is -3.58. The van der Waals surface area contributed by atoms with Gasteiger partial charge in [-0.15, -0.1) is 0 Å². The Labute approximate surface area is 166 Å². The zero-order chi connectivity index (χ0) is 20.1. The van der Waals surface area contributed by atoms with Crippen molar-refractivity contribution >= 4 is 40.3 Å². The van der Waals surface area contributed by atoms with Gasteiger partial charge in [0.1, 0.15) is 5.75 Å². The number of rotatable bonds is 6. The summed E-state index contributed by atoms with van der Waals surface area (Å²) in [5.74, 6) is 0.374. The number of carbonyl (C=O) groups is 1. The Morgan fingerprint density at radius 3 is 2.39 bits per heavy atom. The van der Waals surface area contributed by atoms with Crippen LogP contribution < -0.4 is 15.4 Å². The van der Waals surface area contributed by atoms with Crippen molar-refractivity contribution in [3.05, 3.63) is 87.4 Å². The molecule has 0 saturated carbocycles. The number of hydrogen-bond acceptors (Lipinski definition) is 5. The van der Waals surface area contributed by atoms with Gasteiger partial charge >= 0.3 is 0 Å². The summed E-state index contributed by atoms with van der Waals surface area (Å²) in [5.41, 5.74) is 1.88. The van der Waals surface area contributed by atoms with Gasteiger partial charge in [0.15, 0.2) is 0 Å². The lowest BCUT2D eigenvalue weighted by Gasteiger charge is -2.13. The van der Waals surface area contributed by atoms with Crippen LogP contribution in [0.1, 0.15) is 10.4 Å². The number of benzene rings is 3. The fraction of sp³-hybridized carbons (Fsp3) is 0.0500. The van der Waals surface area contributed by atoms with Crippen LogP contribution in [0.5, 0.6) is 5.75 Å². The molecule has 0 fully saturated rings. The number of nitro benzene ring substituents is 1. The van der Waals surface area contributed by atoms with Gasteiger partial charge in [0.2, 0.25) is 0 Å². The van der Waals surface area contributed by atoms with Crippen molar-refractivity contribution in [2.45, 2.75) is 0 Å². The highest BCUT2D eigenvalue weighted by Gasteiger charge is 2.14. The molecule has 0 aliphatic heterocycles. The first-order chi connectivity index (χ1) is 13.5. The topological polar surface area (TPSA) is 93.5 Å². The molecule has 0 atom stereocenters. The fourth-order valence-corrected chi connectivity index (χ4v) is 2.75. The monoisotopic (exact) mass is 397 g/mol. The van der Waals surface area contributed by atoms with E-state index in [-0.39, 0.29) is 16.6 Å². The molecule has 0 aliphatic rings. The second-order valence-corrected chi connectivity index (χ2v) is 6.18. The normalized spacial score (nSPS) is 10.2. The minimum absolute atomic E-state index is 0.110. The summed E-state index contributed by atoms with van der Waals surface area (Å²) in [5, 5.41) is 16.9. The summed E-state index contributed by atoms with van der Waals surface area (Å²) in [4.78, 5) is 23.0. The van der Waals surface area contributed by atoms with Gasteiger partial charge in [-0.05, 0) is 42.5 Å². The van der Waals surface area contributed by atoms with Crippen LogP contribution >= 0.6 is 11.6 Å². The lowest BCUT2D eigenvalue weighted by molar-refractivity contribution is -0.384. The number of carbonyl (C=O) groups excluding carboxylic acids is 1. The average Bonchev–Trinajstić information content (AvgIpc) is 2.70. The second-order valence-electron chi connectivity index (χ2n) is 5.77. The van der Waals surface area contributed by atoms with E-state index in [0.29, 0.717) is 28.4 Å². The zero-order valence-corrected chi connectivity index (χ0v) is 15.6. The molecule has 0 bridgehead atoms.